The summed E-state index contributed by atoms with van der Waals surface area (Å²) in [5, 5.41) is 0. The fourth-order valence-corrected chi connectivity index (χ4v) is 4.56. The Labute approximate surface area is 184 Å². The van der Waals surface area contributed by atoms with E-state index in [4.69, 9.17) is 18.9 Å². The molecule has 2 bridgehead atoms. The molecule has 176 valence electrons. The third-order valence-electron chi connectivity index (χ3n) is 6.41. The number of carbonyl (C=O) groups is 1. The van der Waals surface area contributed by atoms with Crippen LogP contribution < -0.4 is 0 Å². The van der Waals surface area contributed by atoms with E-state index in [0.717, 1.165) is 77.2 Å². The highest BCUT2D eigenvalue weighted by Gasteiger charge is 2.32. The molecule has 0 N–H and O–H groups in total. The van der Waals surface area contributed by atoms with Crippen LogP contribution in [0, 0.1) is 0 Å². The third kappa shape index (κ3) is 10.1. The van der Waals surface area contributed by atoms with Crippen LogP contribution >= 0.6 is 0 Å². The average molecular weight is 427 g/mol. The summed E-state index contributed by atoms with van der Waals surface area (Å²) < 4.78 is 24.5. The number of carbonyl (C=O) groups excluding carboxylic acids is 1. The van der Waals surface area contributed by atoms with Crippen LogP contribution in [-0.4, -0.2) is 49.7 Å². The smallest absolute Gasteiger partial charge is 0.308 e. The number of fused-ring (bicyclic) bond motifs is 2. The number of hydrogen-bond donors (Lipinski definition) is 0. The van der Waals surface area contributed by atoms with Crippen molar-refractivity contribution in [3.8, 4) is 0 Å². The Balaban J connectivity index is 1.99. The van der Waals surface area contributed by atoms with Crippen LogP contribution in [0.2, 0.25) is 0 Å². The Morgan fingerprint density at radius 1 is 0.933 bits per heavy atom. The monoisotopic (exact) mass is 426 g/mol. The summed E-state index contributed by atoms with van der Waals surface area (Å²) in [6.07, 6.45) is 14.2. The molecule has 5 heteroatoms. The molecule has 2 fully saturated rings. The first-order valence-corrected chi connectivity index (χ1v) is 12.7. The largest absolute Gasteiger partial charge is 0.462 e. The van der Waals surface area contributed by atoms with Gasteiger partial charge in [-0.3, -0.25) is 4.79 Å². The number of unbranched alkanes of at least 4 members (excludes halogenated alkanes) is 3. The second-order valence-electron chi connectivity index (χ2n) is 9.13. The number of rotatable bonds is 9. The molecule has 5 nitrogen and oxygen atoms in total. The van der Waals surface area contributed by atoms with Gasteiger partial charge in [0, 0.05) is 19.4 Å². The Kier molecular flexibility index (Phi) is 13.0. The highest BCUT2D eigenvalue weighted by atomic mass is 16.6. The molecular formula is C25H46O5. The van der Waals surface area contributed by atoms with Crippen molar-refractivity contribution in [2.45, 2.75) is 141 Å². The molecule has 0 aromatic heterocycles. The zero-order chi connectivity index (χ0) is 21.6. The van der Waals surface area contributed by atoms with Gasteiger partial charge in [-0.15, -0.1) is 0 Å². The van der Waals surface area contributed by atoms with Crippen molar-refractivity contribution < 1.29 is 23.7 Å². The molecule has 0 aromatic rings. The number of ether oxygens (including phenoxy) is 4. The molecule has 0 aromatic carbocycles. The molecule has 2 aliphatic rings. The first kappa shape index (κ1) is 25.6. The summed E-state index contributed by atoms with van der Waals surface area (Å²) in [7, 11) is 0. The fraction of sp³-hybridized carbons (Fsp3) is 0.960. The minimum atomic E-state index is -0.126. The molecule has 2 saturated heterocycles. The molecule has 3 unspecified atom stereocenters. The van der Waals surface area contributed by atoms with Gasteiger partial charge < -0.3 is 18.9 Å². The van der Waals surface area contributed by atoms with Crippen molar-refractivity contribution in [3.05, 3.63) is 0 Å². The number of hydrogen-bond acceptors (Lipinski definition) is 5. The van der Waals surface area contributed by atoms with Gasteiger partial charge in [-0.2, -0.15) is 0 Å². The molecule has 2 rings (SSSR count). The zero-order valence-corrected chi connectivity index (χ0v) is 19.7. The van der Waals surface area contributed by atoms with E-state index in [0.29, 0.717) is 13.0 Å². The molecule has 0 radical (unpaired) electrons. The van der Waals surface area contributed by atoms with Crippen molar-refractivity contribution in [1.29, 1.82) is 0 Å². The number of cyclic esters (lactones) is 1. The molecule has 0 amide bonds. The van der Waals surface area contributed by atoms with Crippen molar-refractivity contribution in [3.63, 3.8) is 0 Å². The maximum absolute atomic E-state index is 12.7. The topological polar surface area (TPSA) is 54.0 Å². The minimum absolute atomic E-state index is 0.0412. The Morgan fingerprint density at radius 2 is 1.73 bits per heavy atom. The van der Waals surface area contributed by atoms with Crippen LogP contribution in [0.3, 0.4) is 0 Å². The van der Waals surface area contributed by atoms with Crippen LogP contribution in [0.25, 0.3) is 0 Å². The van der Waals surface area contributed by atoms with E-state index in [-0.39, 0.29) is 36.5 Å². The van der Waals surface area contributed by atoms with Gasteiger partial charge in [0.2, 0.25) is 0 Å². The lowest BCUT2D eigenvalue weighted by Crippen LogP contribution is -2.39. The highest BCUT2D eigenvalue weighted by Crippen LogP contribution is 2.29. The molecule has 0 saturated carbocycles. The van der Waals surface area contributed by atoms with Gasteiger partial charge in [0.1, 0.15) is 6.10 Å². The van der Waals surface area contributed by atoms with Gasteiger partial charge in [-0.1, -0.05) is 40.0 Å². The standard InChI is InChI=1S/C25H46O5/c1-4-7-9-11-21-14-16-28-20(6-3)12-10-13-22-17-23(27-15-8-5-2)18-24(29-22)19-25(26)30-21/h20-24H,4-19H2,1-3H3/t20?,21-,22?,23-,24?/m0/s1. The second kappa shape index (κ2) is 15.2. The molecule has 0 aliphatic carbocycles. The van der Waals surface area contributed by atoms with E-state index in [9.17, 15) is 4.79 Å². The molecule has 30 heavy (non-hydrogen) atoms. The Morgan fingerprint density at radius 3 is 2.50 bits per heavy atom. The number of esters is 1. The molecule has 2 aliphatic heterocycles. The predicted octanol–water partition coefficient (Wildman–Crippen LogP) is 5.97. The van der Waals surface area contributed by atoms with Crippen molar-refractivity contribution >= 4 is 5.97 Å². The van der Waals surface area contributed by atoms with Crippen LogP contribution in [-0.2, 0) is 23.7 Å². The van der Waals surface area contributed by atoms with Crippen LogP contribution in [0.1, 0.15) is 111 Å². The summed E-state index contributed by atoms with van der Waals surface area (Å²) in [6.45, 7) is 8.05. The van der Waals surface area contributed by atoms with E-state index in [1.165, 1.54) is 12.8 Å². The summed E-state index contributed by atoms with van der Waals surface area (Å²) in [6, 6.07) is 0. The quantitative estimate of drug-likeness (QED) is 0.336. The van der Waals surface area contributed by atoms with E-state index < -0.39 is 0 Å². The van der Waals surface area contributed by atoms with Crippen molar-refractivity contribution in [2.24, 2.45) is 0 Å². The van der Waals surface area contributed by atoms with Crippen LogP contribution in [0.4, 0.5) is 0 Å². The van der Waals surface area contributed by atoms with Gasteiger partial charge in [0.05, 0.1) is 37.4 Å². The first-order chi connectivity index (χ1) is 14.6. The lowest BCUT2D eigenvalue weighted by molar-refractivity contribution is -0.162. The summed E-state index contributed by atoms with van der Waals surface area (Å²) in [5.41, 5.74) is 0. The molecular weight excluding hydrogens is 380 g/mol. The normalized spacial score (nSPS) is 31.7. The van der Waals surface area contributed by atoms with Crippen molar-refractivity contribution in [2.75, 3.05) is 13.2 Å². The van der Waals surface area contributed by atoms with Gasteiger partial charge >= 0.3 is 5.97 Å². The summed E-state index contributed by atoms with van der Waals surface area (Å²) in [5.74, 6) is -0.126. The van der Waals surface area contributed by atoms with Gasteiger partial charge in [-0.25, -0.2) is 0 Å². The van der Waals surface area contributed by atoms with E-state index in [1.54, 1.807) is 0 Å². The summed E-state index contributed by atoms with van der Waals surface area (Å²) >= 11 is 0. The second-order valence-corrected chi connectivity index (χ2v) is 9.13. The van der Waals surface area contributed by atoms with E-state index in [2.05, 4.69) is 20.8 Å². The Hall–Kier alpha value is -0.650. The van der Waals surface area contributed by atoms with Gasteiger partial charge in [0.25, 0.3) is 0 Å². The van der Waals surface area contributed by atoms with Crippen molar-refractivity contribution in [1.82, 2.24) is 0 Å². The fourth-order valence-electron chi connectivity index (χ4n) is 4.56. The summed E-state index contributed by atoms with van der Waals surface area (Å²) in [4.78, 5) is 12.7. The molecule has 2 heterocycles. The first-order valence-electron chi connectivity index (χ1n) is 12.7. The Bertz CT molecular complexity index is 455. The zero-order valence-electron chi connectivity index (χ0n) is 19.7. The van der Waals surface area contributed by atoms with Crippen LogP contribution in [0.15, 0.2) is 0 Å². The average Bonchev–Trinajstić information content (AvgIpc) is 2.72. The van der Waals surface area contributed by atoms with E-state index >= 15 is 0 Å². The lowest BCUT2D eigenvalue weighted by Gasteiger charge is -2.36. The van der Waals surface area contributed by atoms with E-state index in [1.807, 2.05) is 0 Å². The maximum atomic E-state index is 12.7. The van der Waals surface area contributed by atoms with Gasteiger partial charge in [0.15, 0.2) is 0 Å². The SMILES string of the molecule is CCCCC[C@H]1CCOC(CC)CCCC2C[C@H](OCCCC)CC(CC(=O)O1)O2. The highest BCUT2D eigenvalue weighted by molar-refractivity contribution is 5.70. The minimum Gasteiger partial charge on any atom is -0.462 e. The van der Waals surface area contributed by atoms with Crippen LogP contribution in [0.5, 0.6) is 0 Å². The lowest BCUT2D eigenvalue weighted by atomic mass is 9.95. The maximum Gasteiger partial charge on any atom is 0.308 e. The third-order valence-corrected chi connectivity index (χ3v) is 6.41. The van der Waals surface area contributed by atoms with Gasteiger partial charge in [-0.05, 0) is 51.4 Å². The molecule has 5 atom stereocenters. The predicted molar refractivity (Wildman–Crippen MR) is 120 cm³/mol. The molecule has 0 spiro atoms.